The van der Waals surface area contributed by atoms with Crippen LogP contribution < -0.4 is 15.0 Å². The Morgan fingerprint density at radius 3 is 2.59 bits per heavy atom. The van der Waals surface area contributed by atoms with Crippen molar-refractivity contribution in [1.82, 2.24) is 9.66 Å². The van der Waals surface area contributed by atoms with Crippen LogP contribution in [0.25, 0.3) is 33.5 Å². The maximum atomic E-state index is 13.7. The molecule has 9 nitrogen and oxygen atoms in total. The van der Waals surface area contributed by atoms with E-state index in [0.717, 1.165) is 5.39 Å². The predicted octanol–water partition coefficient (Wildman–Crippen LogP) is 7.89. The van der Waals surface area contributed by atoms with Crippen LogP contribution in [0, 0.1) is 0 Å². The van der Waals surface area contributed by atoms with E-state index in [-0.39, 0.29) is 23.6 Å². The zero-order valence-corrected chi connectivity index (χ0v) is 26.3. The third-order valence-corrected chi connectivity index (χ3v) is 8.87. The molecular formula is C33H23Br2N3O6. The number of para-hydroxylation sites is 2. The number of hydrogen-bond acceptors (Lipinski definition) is 7. The number of rotatable bonds is 9. The Hall–Kier alpha value is -4.74. The van der Waals surface area contributed by atoms with E-state index in [1.54, 1.807) is 42.5 Å². The molecule has 0 atom stereocenters. The topological polar surface area (TPSA) is 116 Å². The number of halogens is 2. The fourth-order valence-electron chi connectivity index (χ4n) is 4.65. The summed E-state index contributed by atoms with van der Waals surface area (Å²) in [6.45, 7) is 2.32. The molecule has 2 heterocycles. The van der Waals surface area contributed by atoms with Gasteiger partial charge in [-0.15, -0.1) is 0 Å². The van der Waals surface area contributed by atoms with Crippen molar-refractivity contribution in [2.45, 2.75) is 13.5 Å². The normalized spacial score (nSPS) is 11.4. The van der Waals surface area contributed by atoms with Gasteiger partial charge in [0.15, 0.2) is 17.3 Å². The lowest BCUT2D eigenvalue weighted by Crippen LogP contribution is -2.20. The summed E-state index contributed by atoms with van der Waals surface area (Å²) in [6.07, 6.45) is 1.53. The van der Waals surface area contributed by atoms with Crippen molar-refractivity contribution in [1.29, 1.82) is 0 Å². The van der Waals surface area contributed by atoms with Gasteiger partial charge in [0.25, 0.3) is 5.56 Å². The van der Waals surface area contributed by atoms with E-state index in [0.29, 0.717) is 60.4 Å². The summed E-state index contributed by atoms with van der Waals surface area (Å²) in [5, 5.41) is 15.2. The van der Waals surface area contributed by atoms with Gasteiger partial charge in [0, 0.05) is 15.4 Å². The lowest BCUT2D eigenvalue weighted by molar-refractivity contribution is 0.0696. The van der Waals surface area contributed by atoms with Gasteiger partial charge in [-0.05, 0) is 86.8 Å². The Kier molecular flexibility index (Phi) is 8.32. The smallest absolute Gasteiger partial charge is 0.335 e. The highest BCUT2D eigenvalue weighted by molar-refractivity contribution is 9.13. The number of benzene rings is 4. The van der Waals surface area contributed by atoms with Crippen LogP contribution in [-0.4, -0.2) is 33.6 Å². The van der Waals surface area contributed by atoms with Crippen LogP contribution in [0.3, 0.4) is 0 Å². The molecule has 0 saturated heterocycles. The number of aromatic nitrogens is 2. The van der Waals surface area contributed by atoms with Crippen molar-refractivity contribution in [3.8, 4) is 23.1 Å². The molecule has 0 radical (unpaired) electrons. The first-order chi connectivity index (χ1) is 21.3. The molecule has 0 amide bonds. The number of nitrogens with zero attached hydrogens (tertiary/aromatic N) is 3. The average Bonchev–Trinajstić information content (AvgIpc) is 3.47. The second-order valence-electron chi connectivity index (χ2n) is 9.61. The molecule has 0 spiro atoms. The highest BCUT2D eigenvalue weighted by Gasteiger charge is 2.19. The molecule has 0 fully saturated rings. The summed E-state index contributed by atoms with van der Waals surface area (Å²) in [5.74, 6) is 0.490. The van der Waals surface area contributed by atoms with E-state index in [2.05, 4.69) is 37.0 Å². The van der Waals surface area contributed by atoms with Crippen LogP contribution >= 0.6 is 31.9 Å². The van der Waals surface area contributed by atoms with E-state index < -0.39 is 5.97 Å². The third-order valence-electron chi connectivity index (χ3n) is 6.72. The van der Waals surface area contributed by atoms with Crippen molar-refractivity contribution < 1.29 is 23.8 Å². The van der Waals surface area contributed by atoms with Gasteiger partial charge < -0.3 is 19.0 Å². The molecule has 11 heteroatoms. The fraction of sp³-hybridized carbons (Fsp3) is 0.0909. The maximum Gasteiger partial charge on any atom is 0.335 e. The SMILES string of the molecule is CCOc1cc(C=Nn2c(-c3cc4ccccc4o3)nc3ccccc3c2=O)c(Br)c(Br)c1OCc1cccc(C(=O)O)c1. The summed E-state index contributed by atoms with van der Waals surface area (Å²) < 4.78 is 20.4. The zero-order chi connectivity index (χ0) is 30.8. The second kappa shape index (κ2) is 12.5. The molecule has 0 aliphatic heterocycles. The number of carboxylic acid groups (broad SMARTS) is 1. The van der Waals surface area contributed by atoms with E-state index in [4.69, 9.17) is 18.9 Å². The number of carbonyl (C=O) groups is 1. The van der Waals surface area contributed by atoms with E-state index >= 15 is 0 Å². The summed E-state index contributed by atoms with van der Waals surface area (Å²) >= 11 is 7.22. The van der Waals surface area contributed by atoms with Crippen molar-refractivity contribution in [2.75, 3.05) is 6.61 Å². The van der Waals surface area contributed by atoms with Gasteiger partial charge in [-0.25, -0.2) is 9.78 Å². The van der Waals surface area contributed by atoms with Gasteiger partial charge in [-0.2, -0.15) is 9.78 Å². The van der Waals surface area contributed by atoms with Crippen molar-refractivity contribution in [2.24, 2.45) is 5.10 Å². The van der Waals surface area contributed by atoms with Gasteiger partial charge >= 0.3 is 5.97 Å². The molecule has 44 heavy (non-hydrogen) atoms. The van der Waals surface area contributed by atoms with Gasteiger partial charge in [0.05, 0.1) is 33.8 Å². The van der Waals surface area contributed by atoms with Gasteiger partial charge in [-0.1, -0.05) is 42.5 Å². The lowest BCUT2D eigenvalue weighted by Gasteiger charge is -2.16. The van der Waals surface area contributed by atoms with Crippen LogP contribution in [-0.2, 0) is 6.61 Å². The molecule has 220 valence electrons. The Balaban J connectivity index is 1.41. The monoisotopic (exact) mass is 715 g/mol. The number of hydrogen-bond donors (Lipinski definition) is 1. The van der Waals surface area contributed by atoms with Crippen LogP contribution in [0.5, 0.6) is 11.5 Å². The molecule has 0 aliphatic rings. The molecule has 1 N–H and O–H groups in total. The highest BCUT2D eigenvalue weighted by Crippen LogP contribution is 2.43. The van der Waals surface area contributed by atoms with Gasteiger partial charge in [0.1, 0.15) is 12.2 Å². The quantitative estimate of drug-likeness (QED) is 0.151. The summed E-state index contributed by atoms with van der Waals surface area (Å²) in [4.78, 5) is 29.8. The van der Waals surface area contributed by atoms with Crippen LogP contribution in [0.4, 0.5) is 0 Å². The zero-order valence-electron chi connectivity index (χ0n) is 23.2. The standard InChI is InChI=1S/C33H23Br2N3O6/c1-2-42-26-16-22(28(34)29(35)30(26)43-18-19-8-7-10-21(14-19)33(40)41)17-36-38-31(27-15-20-9-3-6-13-25(20)44-27)37-24-12-5-4-11-23(24)32(38)39/h3-17H,2,18H2,1H3,(H,40,41). The van der Waals surface area contributed by atoms with Gasteiger partial charge in [-0.3, -0.25) is 4.79 Å². The molecular weight excluding hydrogens is 694 g/mol. The Morgan fingerprint density at radius 2 is 1.80 bits per heavy atom. The number of aromatic carboxylic acids is 1. The molecule has 6 aromatic rings. The lowest BCUT2D eigenvalue weighted by atomic mass is 10.1. The van der Waals surface area contributed by atoms with E-state index in [1.807, 2.05) is 43.3 Å². The molecule has 0 aliphatic carbocycles. The van der Waals surface area contributed by atoms with Crippen LogP contribution in [0.2, 0.25) is 0 Å². The number of carboxylic acids is 1. The molecule has 0 unspecified atom stereocenters. The predicted molar refractivity (Wildman–Crippen MR) is 175 cm³/mol. The van der Waals surface area contributed by atoms with E-state index in [9.17, 15) is 14.7 Å². The summed E-state index contributed by atoms with van der Waals surface area (Å²) in [7, 11) is 0. The number of furan rings is 1. The maximum absolute atomic E-state index is 13.7. The van der Waals surface area contributed by atoms with Crippen LogP contribution in [0.1, 0.15) is 28.4 Å². The number of fused-ring (bicyclic) bond motifs is 2. The molecule has 4 aromatic carbocycles. The molecule has 0 saturated carbocycles. The van der Waals surface area contributed by atoms with Crippen molar-refractivity contribution in [3.05, 3.63) is 121 Å². The Morgan fingerprint density at radius 1 is 1.00 bits per heavy atom. The summed E-state index contributed by atoms with van der Waals surface area (Å²) in [5.41, 5.74) is 2.28. The first-order valence-corrected chi connectivity index (χ1v) is 15.1. The third kappa shape index (κ3) is 5.76. The Bertz CT molecular complexity index is 2100. The number of ether oxygens (including phenoxy) is 2. The average molecular weight is 717 g/mol. The first kappa shape index (κ1) is 29.3. The first-order valence-electron chi connectivity index (χ1n) is 13.5. The van der Waals surface area contributed by atoms with E-state index in [1.165, 1.54) is 17.0 Å². The van der Waals surface area contributed by atoms with Crippen molar-refractivity contribution in [3.63, 3.8) is 0 Å². The minimum atomic E-state index is -1.02. The molecule has 2 aromatic heterocycles. The Labute approximate surface area is 267 Å². The van der Waals surface area contributed by atoms with Crippen molar-refractivity contribution >= 4 is 65.9 Å². The van der Waals surface area contributed by atoms with Crippen LogP contribution in [0.15, 0.2) is 108 Å². The molecule has 6 rings (SSSR count). The fourth-order valence-corrected chi connectivity index (χ4v) is 5.58. The minimum Gasteiger partial charge on any atom is -0.490 e. The highest BCUT2D eigenvalue weighted by atomic mass is 79.9. The minimum absolute atomic E-state index is 0.110. The second-order valence-corrected chi connectivity index (χ2v) is 11.2. The van der Waals surface area contributed by atoms with Gasteiger partial charge in [0.2, 0.25) is 5.82 Å². The largest absolute Gasteiger partial charge is 0.490 e. The molecule has 0 bridgehead atoms. The summed E-state index contributed by atoms with van der Waals surface area (Å²) in [6, 6.07) is 24.7.